The molecule has 1 unspecified atom stereocenters. The van der Waals surface area contributed by atoms with Crippen LogP contribution in [-0.4, -0.2) is 17.0 Å². The summed E-state index contributed by atoms with van der Waals surface area (Å²) in [4.78, 5) is 24.7. The molecule has 20 heavy (non-hydrogen) atoms. The highest BCUT2D eigenvalue weighted by molar-refractivity contribution is 7.17. The van der Waals surface area contributed by atoms with E-state index in [0.29, 0.717) is 16.5 Å². The Balaban J connectivity index is 2.38. The first-order valence-electron chi connectivity index (χ1n) is 6.89. The predicted molar refractivity (Wildman–Crippen MR) is 80.6 cm³/mol. The lowest BCUT2D eigenvalue weighted by Crippen LogP contribution is -2.28. The standard InChI is InChI=1S/C15H21NO3S/c1-8-5-6-9-10(7-8)20-12(11(9)13(17)18)16-14(19)15(2,3)4/h8H,5-7H2,1-4H3,(H,16,19)(H,17,18). The van der Waals surface area contributed by atoms with Crippen LogP contribution in [0.25, 0.3) is 0 Å². The molecular weight excluding hydrogens is 274 g/mol. The number of carboxylic acids is 1. The molecule has 0 saturated heterocycles. The van der Waals surface area contributed by atoms with Gasteiger partial charge in [0.15, 0.2) is 0 Å². The Morgan fingerprint density at radius 1 is 1.35 bits per heavy atom. The minimum absolute atomic E-state index is 0.147. The number of amides is 1. The molecule has 0 fully saturated rings. The number of thiophene rings is 1. The Bertz CT molecular complexity index is 554. The van der Waals surface area contributed by atoms with Crippen LogP contribution >= 0.6 is 11.3 Å². The van der Waals surface area contributed by atoms with E-state index in [2.05, 4.69) is 12.2 Å². The van der Waals surface area contributed by atoms with Gasteiger partial charge in [-0.3, -0.25) is 4.79 Å². The van der Waals surface area contributed by atoms with Crippen LogP contribution in [0.2, 0.25) is 0 Å². The Hall–Kier alpha value is -1.36. The van der Waals surface area contributed by atoms with Crippen LogP contribution in [-0.2, 0) is 17.6 Å². The van der Waals surface area contributed by atoms with Crippen LogP contribution in [0.5, 0.6) is 0 Å². The van der Waals surface area contributed by atoms with E-state index < -0.39 is 11.4 Å². The number of hydrogen-bond acceptors (Lipinski definition) is 3. The summed E-state index contributed by atoms with van der Waals surface area (Å²) in [5.41, 5.74) is 0.687. The number of carbonyl (C=O) groups excluding carboxylic acids is 1. The zero-order valence-electron chi connectivity index (χ0n) is 12.4. The van der Waals surface area contributed by atoms with E-state index in [9.17, 15) is 14.7 Å². The molecule has 1 aromatic rings. The third-order valence-corrected chi connectivity index (χ3v) is 4.80. The first kappa shape index (κ1) is 15.0. The molecule has 1 amide bonds. The smallest absolute Gasteiger partial charge is 0.339 e. The van der Waals surface area contributed by atoms with Gasteiger partial charge in [-0.25, -0.2) is 4.79 Å². The summed E-state index contributed by atoms with van der Waals surface area (Å²) in [7, 11) is 0. The van der Waals surface area contributed by atoms with Crippen molar-refractivity contribution in [2.24, 2.45) is 11.3 Å². The van der Waals surface area contributed by atoms with Crippen molar-refractivity contribution in [3.8, 4) is 0 Å². The molecule has 1 aliphatic rings. The van der Waals surface area contributed by atoms with E-state index >= 15 is 0 Å². The van der Waals surface area contributed by atoms with Crippen LogP contribution < -0.4 is 5.32 Å². The lowest BCUT2D eigenvalue weighted by molar-refractivity contribution is -0.123. The molecule has 1 atom stereocenters. The zero-order valence-corrected chi connectivity index (χ0v) is 13.2. The minimum Gasteiger partial charge on any atom is -0.478 e. The van der Waals surface area contributed by atoms with Gasteiger partial charge in [-0.15, -0.1) is 11.3 Å². The topological polar surface area (TPSA) is 66.4 Å². The van der Waals surface area contributed by atoms with Crippen molar-refractivity contribution in [2.45, 2.75) is 47.0 Å². The number of nitrogens with one attached hydrogen (secondary N) is 1. The Labute approximate surface area is 123 Å². The molecule has 0 bridgehead atoms. The molecule has 0 aromatic carbocycles. The summed E-state index contributed by atoms with van der Waals surface area (Å²) >= 11 is 1.43. The van der Waals surface area contributed by atoms with Gasteiger partial charge in [0.05, 0.1) is 5.56 Å². The lowest BCUT2D eigenvalue weighted by Gasteiger charge is -2.18. The Morgan fingerprint density at radius 3 is 2.55 bits per heavy atom. The maximum Gasteiger partial charge on any atom is 0.339 e. The Kier molecular flexibility index (Phi) is 3.91. The van der Waals surface area contributed by atoms with Crippen LogP contribution in [0.3, 0.4) is 0 Å². The summed E-state index contributed by atoms with van der Waals surface area (Å²) in [5, 5.41) is 12.7. The summed E-state index contributed by atoms with van der Waals surface area (Å²) in [6, 6.07) is 0. The van der Waals surface area contributed by atoms with E-state index in [1.165, 1.54) is 11.3 Å². The van der Waals surface area contributed by atoms with Crippen LogP contribution in [0.1, 0.15) is 54.9 Å². The first-order valence-corrected chi connectivity index (χ1v) is 7.71. The van der Waals surface area contributed by atoms with Crippen molar-refractivity contribution >= 4 is 28.2 Å². The average Bonchev–Trinajstić information content (AvgIpc) is 2.64. The summed E-state index contributed by atoms with van der Waals surface area (Å²) in [6.07, 6.45) is 2.71. The van der Waals surface area contributed by atoms with Gasteiger partial charge in [0, 0.05) is 10.3 Å². The second-order valence-electron chi connectivity index (χ2n) is 6.57. The molecule has 110 valence electrons. The molecule has 2 N–H and O–H groups in total. The molecule has 1 aliphatic carbocycles. The molecule has 0 radical (unpaired) electrons. The number of carboxylic acid groups (broad SMARTS) is 1. The largest absolute Gasteiger partial charge is 0.478 e. The van der Waals surface area contributed by atoms with Gasteiger partial charge >= 0.3 is 5.97 Å². The van der Waals surface area contributed by atoms with Gasteiger partial charge in [0.25, 0.3) is 0 Å². The highest BCUT2D eigenvalue weighted by Crippen LogP contribution is 2.40. The molecule has 2 rings (SSSR count). The number of hydrogen-bond donors (Lipinski definition) is 2. The monoisotopic (exact) mass is 295 g/mol. The van der Waals surface area contributed by atoms with Gasteiger partial charge in [-0.2, -0.15) is 0 Å². The van der Waals surface area contributed by atoms with Crippen molar-refractivity contribution in [1.29, 1.82) is 0 Å². The Morgan fingerprint density at radius 2 is 2.00 bits per heavy atom. The van der Waals surface area contributed by atoms with Crippen molar-refractivity contribution < 1.29 is 14.7 Å². The van der Waals surface area contributed by atoms with Gasteiger partial charge < -0.3 is 10.4 Å². The molecular formula is C15H21NO3S. The highest BCUT2D eigenvalue weighted by Gasteiger charge is 2.30. The third kappa shape index (κ3) is 2.87. The summed E-state index contributed by atoms with van der Waals surface area (Å²) in [6.45, 7) is 7.63. The number of carbonyl (C=O) groups is 2. The zero-order chi connectivity index (χ0) is 15.1. The van der Waals surface area contributed by atoms with E-state index in [1.807, 2.05) is 20.8 Å². The summed E-state index contributed by atoms with van der Waals surface area (Å²) < 4.78 is 0. The van der Waals surface area contributed by atoms with E-state index in [4.69, 9.17) is 0 Å². The second kappa shape index (κ2) is 5.20. The number of aromatic carboxylic acids is 1. The minimum atomic E-state index is -0.943. The van der Waals surface area contributed by atoms with Crippen molar-refractivity contribution in [3.63, 3.8) is 0 Å². The molecule has 4 nitrogen and oxygen atoms in total. The van der Waals surface area contributed by atoms with Crippen molar-refractivity contribution in [1.82, 2.24) is 0 Å². The highest BCUT2D eigenvalue weighted by atomic mass is 32.1. The van der Waals surface area contributed by atoms with Crippen LogP contribution in [0, 0.1) is 11.3 Å². The molecule has 0 saturated carbocycles. The fraction of sp³-hybridized carbons (Fsp3) is 0.600. The average molecular weight is 295 g/mol. The fourth-order valence-corrected chi connectivity index (χ4v) is 3.75. The number of rotatable bonds is 2. The summed E-state index contributed by atoms with van der Waals surface area (Å²) in [5.74, 6) is -0.512. The molecule has 1 aromatic heterocycles. The second-order valence-corrected chi connectivity index (χ2v) is 7.67. The van der Waals surface area contributed by atoms with E-state index in [-0.39, 0.29) is 5.91 Å². The van der Waals surface area contributed by atoms with E-state index in [0.717, 1.165) is 29.7 Å². The lowest BCUT2D eigenvalue weighted by atomic mass is 9.88. The predicted octanol–water partition coefficient (Wildman–Crippen LogP) is 3.56. The van der Waals surface area contributed by atoms with Gasteiger partial charge in [0.1, 0.15) is 5.00 Å². The normalized spacial score (nSPS) is 18.5. The molecule has 5 heteroatoms. The van der Waals surface area contributed by atoms with E-state index in [1.54, 1.807) is 0 Å². The number of fused-ring (bicyclic) bond motifs is 1. The molecule has 0 spiro atoms. The molecule has 1 heterocycles. The maximum absolute atomic E-state index is 12.1. The quantitative estimate of drug-likeness (QED) is 0.876. The maximum atomic E-state index is 12.1. The van der Waals surface area contributed by atoms with Gasteiger partial charge in [0.2, 0.25) is 5.91 Å². The molecule has 0 aliphatic heterocycles. The number of anilines is 1. The van der Waals surface area contributed by atoms with Gasteiger partial charge in [-0.1, -0.05) is 27.7 Å². The first-order chi connectivity index (χ1) is 9.20. The third-order valence-electron chi connectivity index (χ3n) is 3.63. The van der Waals surface area contributed by atoms with Crippen LogP contribution in [0.4, 0.5) is 5.00 Å². The SMILES string of the molecule is CC1CCc2c(sc(NC(=O)C(C)(C)C)c2C(=O)O)C1. The fourth-order valence-electron chi connectivity index (χ4n) is 2.36. The van der Waals surface area contributed by atoms with Gasteiger partial charge in [-0.05, 0) is 30.7 Å². The van der Waals surface area contributed by atoms with Crippen LogP contribution in [0.15, 0.2) is 0 Å². The van der Waals surface area contributed by atoms with Crippen molar-refractivity contribution in [2.75, 3.05) is 5.32 Å². The van der Waals surface area contributed by atoms with Crippen molar-refractivity contribution in [3.05, 3.63) is 16.0 Å².